The van der Waals surface area contributed by atoms with Crippen LogP contribution in [-0.2, 0) is 32.7 Å². The summed E-state index contributed by atoms with van der Waals surface area (Å²) in [7, 11) is -4.62. The summed E-state index contributed by atoms with van der Waals surface area (Å²) in [6.07, 6.45) is 48.0. The van der Waals surface area contributed by atoms with E-state index < -0.39 is 45.1 Å². The topological polar surface area (TPSA) is 155 Å². The van der Waals surface area contributed by atoms with E-state index >= 15 is 0 Å². The number of phosphoric ester groups is 1. The highest BCUT2D eigenvalue weighted by Crippen LogP contribution is 2.43. The number of nitrogens with two attached hydrogens (primary N) is 1. The second-order valence-corrected chi connectivity index (χ2v) is 17.7. The van der Waals surface area contributed by atoms with Crippen molar-refractivity contribution in [3.63, 3.8) is 0 Å². The fourth-order valence-electron chi connectivity index (χ4n) is 6.75. The molecule has 3 unspecified atom stereocenters. The van der Waals surface area contributed by atoms with Gasteiger partial charge in [0.1, 0.15) is 12.1 Å². The summed E-state index contributed by atoms with van der Waals surface area (Å²) in [6.45, 7) is 3.90. The van der Waals surface area contributed by atoms with Crippen molar-refractivity contribution in [1.82, 2.24) is 0 Å². The molecule has 0 aliphatic rings. The number of carboxylic acid groups (broad SMARTS) is 1. The lowest BCUT2D eigenvalue weighted by Gasteiger charge is -2.20. The van der Waals surface area contributed by atoms with E-state index in [1.54, 1.807) is 0 Å². The van der Waals surface area contributed by atoms with Crippen LogP contribution in [0.1, 0.15) is 226 Å². The van der Waals surface area contributed by atoms with Crippen LogP contribution >= 0.6 is 7.82 Å². The molecule has 58 heavy (non-hydrogen) atoms. The molecule has 0 radical (unpaired) electrons. The number of carboxylic acids is 1. The van der Waals surface area contributed by atoms with Crippen molar-refractivity contribution >= 4 is 19.8 Å². The first-order valence-corrected chi connectivity index (χ1v) is 25.4. The van der Waals surface area contributed by atoms with Crippen molar-refractivity contribution in [3.05, 3.63) is 24.3 Å². The lowest BCUT2D eigenvalue weighted by molar-refractivity contribution is -0.154. The molecule has 11 heteroatoms. The smallest absolute Gasteiger partial charge is 0.472 e. The molecule has 0 aromatic carbocycles. The molecule has 342 valence electrons. The molecule has 0 bridgehead atoms. The van der Waals surface area contributed by atoms with E-state index in [9.17, 15) is 19.0 Å². The second kappa shape index (κ2) is 43.5. The van der Waals surface area contributed by atoms with Gasteiger partial charge in [-0.15, -0.1) is 0 Å². The van der Waals surface area contributed by atoms with E-state index in [4.69, 9.17) is 29.4 Å². The zero-order valence-electron chi connectivity index (χ0n) is 37.4. The molecule has 4 N–H and O–H groups in total. The molecule has 0 aromatic heterocycles. The fraction of sp³-hybridized carbons (Fsp3) is 0.872. The van der Waals surface area contributed by atoms with Crippen molar-refractivity contribution in [2.75, 3.05) is 26.4 Å². The zero-order chi connectivity index (χ0) is 42.6. The first-order chi connectivity index (χ1) is 28.2. The number of esters is 1. The maximum Gasteiger partial charge on any atom is 0.472 e. The Morgan fingerprint density at radius 3 is 1.40 bits per heavy atom. The predicted octanol–water partition coefficient (Wildman–Crippen LogP) is 13.5. The Kier molecular flexibility index (Phi) is 42.4. The van der Waals surface area contributed by atoms with Crippen LogP contribution in [0, 0.1) is 0 Å². The highest BCUT2D eigenvalue weighted by molar-refractivity contribution is 7.47. The van der Waals surface area contributed by atoms with Crippen LogP contribution in [-0.4, -0.2) is 60.5 Å². The van der Waals surface area contributed by atoms with Crippen molar-refractivity contribution in [1.29, 1.82) is 0 Å². The van der Waals surface area contributed by atoms with Gasteiger partial charge < -0.3 is 25.2 Å². The van der Waals surface area contributed by atoms with Gasteiger partial charge in [0.25, 0.3) is 0 Å². The highest BCUT2D eigenvalue weighted by atomic mass is 31.2. The van der Waals surface area contributed by atoms with Crippen LogP contribution in [0.2, 0.25) is 0 Å². The summed E-state index contributed by atoms with van der Waals surface area (Å²) < 4.78 is 33.4. The molecular weight excluding hydrogens is 753 g/mol. The molecular formula is C47H90NO9P. The molecule has 0 saturated carbocycles. The normalized spacial score (nSPS) is 14.0. The van der Waals surface area contributed by atoms with Crippen molar-refractivity contribution in [2.45, 2.75) is 238 Å². The molecule has 0 heterocycles. The molecule has 3 atom stereocenters. The van der Waals surface area contributed by atoms with Gasteiger partial charge in [-0.3, -0.25) is 18.6 Å². The molecule has 0 spiro atoms. The molecule has 0 aliphatic carbocycles. The number of phosphoric acid groups is 1. The third kappa shape index (κ3) is 42.6. The molecule has 0 rings (SSSR count). The second-order valence-electron chi connectivity index (χ2n) is 16.2. The van der Waals surface area contributed by atoms with Gasteiger partial charge in [0.05, 0.1) is 19.8 Å². The maximum absolute atomic E-state index is 12.7. The summed E-state index contributed by atoms with van der Waals surface area (Å²) in [5.74, 6) is -1.77. The Labute approximate surface area is 355 Å². The molecule has 0 aliphatic heterocycles. The number of rotatable bonds is 46. The molecule has 0 fully saturated rings. The monoisotopic (exact) mass is 844 g/mol. The lowest BCUT2D eigenvalue weighted by Crippen LogP contribution is -2.34. The Hall–Kier alpha value is -1.55. The van der Waals surface area contributed by atoms with Crippen molar-refractivity contribution < 1.29 is 42.7 Å². The maximum atomic E-state index is 12.7. The zero-order valence-corrected chi connectivity index (χ0v) is 38.3. The first kappa shape index (κ1) is 56.5. The van der Waals surface area contributed by atoms with Crippen LogP contribution in [0.4, 0.5) is 0 Å². The summed E-state index contributed by atoms with van der Waals surface area (Å²) in [4.78, 5) is 33.6. The molecule has 10 nitrogen and oxygen atoms in total. The Bertz CT molecular complexity index is 1020. The summed E-state index contributed by atoms with van der Waals surface area (Å²) in [5.41, 5.74) is 5.36. The number of aliphatic carboxylic acids is 1. The van der Waals surface area contributed by atoms with Gasteiger partial charge in [0, 0.05) is 13.0 Å². The molecule has 0 amide bonds. The summed E-state index contributed by atoms with van der Waals surface area (Å²) in [6, 6.07) is -1.47. The lowest BCUT2D eigenvalue weighted by atomic mass is 10.0. The number of ether oxygens (including phenoxy) is 2. The van der Waals surface area contributed by atoms with Gasteiger partial charge in [0.15, 0.2) is 0 Å². The van der Waals surface area contributed by atoms with Gasteiger partial charge >= 0.3 is 19.8 Å². The highest BCUT2D eigenvalue weighted by Gasteiger charge is 2.27. The van der Waals surface area contributed by atoms with E-state index in [0.717, 1.165) is 51.4 Å². The minimum atomic E-state index is -4.62. The fourth-order valence-corrected chi connectivity index (χ4v) is 7.53. The van der Waals surface area contributed by atoms with E-state index in [1.807, 2.05) is 0 Å². The SMILES string of the molecule is CCCCCCC/C=C\C/C=C\CCCCCCCCCCCC(=O)OC(COCCCCCCCCCCCCCCCCC)COP(=O)(O)OCC(N)C(=O)O. The largest absolute Gasteiger partial charge is 0.480 e. The average Bonchev–Trinajstić information content (AvgIpc) is 3.20. The summed E-state index contributed by atoms with van der Waals surface area (Å²) >= 11 is 0. The van der Waals surface area contributed by atoms with Gasteiger partial charge in [-0.1, -0.05) is 199 Å². The third-order valence-electron chi connectivity index (χ3n) is 10.5. The first-order valence-electron chi connectivity index (χ1n) is 23.9. The molecule has 0 aromatic rings. The van der Waals surface area contributed by atoms with Crippen LogP contribution < -0.4 is 5.73 Å². The quantitative estimate of drug-likeness (QED) is 0.0233. The van der Waals surface area contributed by atoms with Gasteiger partial charge in [0.2, 0.25) is 0 Å². The number of allylic oxidation sites excluding steroid dienone is 4. The number of hydrogen-bond donors (Lipinski definition) is 3. The third-order valence-corrected chi connectivity index (χ3v) is 11.4. The average molecular weight is 844 g/mol. The summed E-state index contributed by atoms with van der Waals surface area (Å²) in [5, 5.41) is 8.91. The van der Waals surface area contributed by atoms with Gasteiger partial charge in [-0.2, -0.15) is 0 Å². The minimum absolute atomic E-state index is 0.0198. The molecule has 0 saturated heterocycles. The van der Waals surface area contributed by atoms with Gasteiger partial charge in [-0.05, 0) is 44.9 Å². The Morgan fingerprint density at radius 1 is 0.552 bits per heavy atom. The van der Waals surface area contributed by atoms with E-state index in [0.29, 0.717) is 13.0 Å². The number of unbranched alkanes of at least 4 members (excludes halogenated alkanes) is 28. The standard InChI is InChI=1S/C47H90NO9P/c1-3-5-7-9-11-13-15-17-19-20-21-22-23-24-25-27-29-31-33-35-37-39-46(49)57-44(42-55-58(52,53)56-43-45(48)47(50)51)41-54-40-38-36-34-32-30-28-26-18-16-14-12-10-8-6-4-2/h15,17,20-21,44-45H,3-14,16,18-19,22-43,48H2,1-2H3,(H,50,51)(H,52,53)/b17-15-,21-20-. The number of carbonyl (C=O) groups is 2. The van der Waals surface area contributed by atoms with Crippen molar-refractivity contribution in [3.8, 4) is 0 Å². The number of hydrogen-bond acceptors (Lipinski definition) is 8. The minimum Gasteiger partial charge on any atom is -0.480 e. The Balaban J connectivity index is 4.16. The van der Waals surface area contributed by atoms with E-state index in [2.05, 4.69) is 38.2 Å². The predicted molar refractivity (Wildman–Crippen MR) is 240 cm³/mol. The van der Waals surface area contributed by atoms with E-state index in [-0.39, 0.29) is 13.0 Å². The Morgan fingerprint density at radius 2 is 0.948 bits per heavy atom. The van der Waals surface area contributed by atoms with Crippen LogP contribution in [0.5, 0.6) is 0 Å². The van der Waals surface area contributed by atoms with Gasteiger partial charge in [-0.25, -0.2) is 4.57 Å². The van der Waals surface area contributed by atoms with E-state index in [1.165, 1.54) is 148 Å². The van der Waals surface area contributed by atoms with Crippen LogP contribution in [0.15, 0.2) is 24.3 Å². The van der Waals surface area contributed by atoms with Crippen LogP contribution in [0.3, 0.4) is 0 Å². The van der Waals surface area contributed by atoms with Crippen LogP contribution in [0.25, 0.3) is 0 Å². The van der Waals surface area contributed by atoms with Crippen molar-refractivity contribution in [2.24, 2.45) is 5.73 Å². The number of carbonyl (C=O) groups excluding carboxylic acids is 1.